The van der Waals surface area contributed by atoms with Crippen LogP contribution in [0.1, 0.15) is 0 Å². The van der Waals surface area contributed by atoms with Crippen molar-refractivity contribution in [2.75, 3.05) is 0 Å². The van der Waals surface area contributed by atoms with Gasteiger partial charge in [0.2, 0.25) is 0 Å². The fourth-order valence-electron chi connectivity index (χ4n) is 7.77. The van der Waals surface area contributed by atoms with E-state index in [9.17, 15) is 0 Å². The summed E-state index contributed by atoms with van der Waals surface area (Å²) in [5.74, 6) is 0.723. The number of nitrogens with zero attached hydrogens (tertiary/aromatic N) is 2. The summed E-state index contributed by atoms with van der Waals surface area (Å²) < 4.78 is 0. The Balaban J connectivity index is 1.35. The van der Waals surface area contributed by atoms with Gasteiger partial charge in [0.1, 0.15) is 0 Å². The summed E-state index contributed by atoms with van der Waals surface area (Å²) in [6.07, 6.45) is 0. The maximum Gasteiger partial charge on any atom is 0.160 e. The first-order valence-electron chi connectivity index (χ1n) is 17.1. The summed E-state index contributed by atoms with van der Waals surface area (Å²) in [7, 11) is 0. The van der Waals surface area contributed by atoms with Crippen LogP contribution in [0.15, 0.2) is 182 Å². The highest BCUT2D eigenvalue weighted by molar-refractivity contribution is 6.19. The van der Waals surface area contributed by atoms with Crippen LogP contribution in [-0.2, 0) is 0 Å². The third-order valence-electron chi connectivity index (χ3n) is 10.1. The van der Waals surface area contributed by atoms with Crippen LogP contribution in [0.3, 0.4) is 0 Å². The van der Waals surface area contributed by atoms with Crippen LogP contribution in [0, 0.1) is 0 Å². The van der Waals surface area contributed by atoms with E-state index in [1.807, 2.05) is 6.07 Å². The van der Waals surface area contributed by atoms with Gasteiger partial charge in [0, 0.05) is 21.9 Å². The second kappa shape index (κ2) is 11.5. The normalized spacial score (nSPS) is 11.6. The van der Waals surface area contributed by atoms with E-state index in [-0.39, 0.29) is 0 Å². The fraction of sp³-hybridized carbons (Fsp3) is 0. The Morgan fingerprint density at radius 2 is 0.780 bits per heavy atom. The summed E-state index contributed by atoms with van der Waals surface area (Å²) in [4.78, 5) is 10.6. The zero-order valence-corrected chi connectivity index (χ0v) is 27.2. The molecule has 2 nitrogen and oxygen atoms in total. The van der Waals surface area contributed by atoms with E-state index in [0.29, 0.717) is 0 Å². The molecule has 10 rings (SSSR count). The molecule has 0 amide bonds. The lowest BCUT2D eigenvalue weighted by Crippen LogP contribution is -1.97. The molecular formula is C48H30N2. The minimum absolute atomic E-state index is 0.723. The number of aromatic nitrogens is 2. The first-order valence-corrected chi connectivity index (χ1v) is 17.1. The second-order valence-corrected chi connectivity index (χ2v) is 12.9. The Morgan fingerprint density at radius 3 is 1.48 bits per heavy atom. The third-order valence-corrected chi connectivity index (χ3v) is 10.1. The van der Waals surface area contributed by atoms with Crippen LogP contribution in [-0.4, -0.2) is 9.97 Å². The maximum absolute atomic E-state index is 5.39. The van der Waals surface area contributed by atoms with Gasteiger partial charge in [0.25, 0.3) is 0 Å². The zero-order chi connectivity index (χ0) is 33.0. The maximum atomic E-state index is 5.39. The van der Waals surface area contributed by atoms with E-state index >= 15 is 0 Å². The molecule has 0 saturated heterocycles. The van der Waals surface area contributed by atoms with Crippen molar-refractivity contribution in [3.05, 3.63) is 182 Å². The molecule has 0 spiro atoms. The molecular weight excluding hydrogens is 605 g/mol. The molecule has 1 aromatic heterocycles. The van der Waals surface area contributed by atoms with Gasteiger partial charge in [0.05, 0.1) is 11.2 Å². The average Bonchev–Trinajstić information content (AvgIpc) is 3.19. The van der Waals surface area contributed by atoms with E-state index in [1.54, 1.807) is 0 Å². The molecule has 0 radical (unpaired) electrons. The van der Waals surface area contributed by atoms with Crippen molar-refractivity contribution in [1.29, 1.82) is 0 Å². The summed E-state index contributed by atoms with van der Waals surface area (Å²) in [5, 5.41) is 10.6. The predicted octanol–water partition coefficient (Wildman–Crippen LogP) is 12.9. The van der Waals surface area contributed by atoms with Gasteiger partial charge in [-0.2, -0.15) is 0 Å². The Kier molecular flexibility index (Phi) is 6.53. The SMILES string of the molecule is c1ccc(-c2nc(-c3ccc(-c4cccc5ccccc45)c4c(-c5cccc6ccccc56)cccc34)c3ccc4ccccc4c3n2)cc1. The highest BCUT2D eigenvalue weighted by atomic mass is 14.9. The highest BCUT2D eigenvalue weighted by Gasteiger charge is 2.20. The van der Waals surface area contributed by atoms with Gasteiger partial charge in [-0.15, -0.1) is 0 Å². The first kappa shape index (κ1) is 28.4. The van der Waals surface area contributed by atoms with Crippen LogP contribution >= 0.6 is 0 Å². The molecule has 0 saturated carbocycles. The van der Waals surface area contributed by atoms with Crippen LogP contribution in [0.5, 0.6) is 0 Å². The Bertz CT molecular complexity index is 2830. The molecule has 0 bridgehead atoms. The summed E-state index contributed by atoms with van der Waals surface area (Å²) in [5.41, 5.74) is 8.83. The van der Waals surface area contributed by atoms with Crippen molar-refractivity contribution < 1.29 is 0 Å². The number of benzene rings is 9. The lowest BCUT2D eigenvalue weighted by molar-refractivity contribution is 1.24. The molecule has 0 atom stereocenters. The summed E-state index contributed by atoms with van der Waals surface area (Å²) >= 11 is 0. The van der Waals surface area contributed by atoms with Crippen molar-refractivity contribution in [3.8, 4) is 44.9 Å². The van der Waals surface area contributed by atoms with Crippen molar-refractivity contribution in [2.24, 2.45) is 0 Å². The van der Waals surface area contributed by atoms with Crippen LogP contribution in [0.4, 0.5) is 0 Å². The molecule has 232 valence electrons. The molecule has 9 aromatic carbocycles. The van der Waals surface area contributed by atoms with Gasteiger partial charge in [-0.3, -0.25) is 0 Å². The molecule has 0 unspecified atom stereocenters. The van der Waals surface area contributed by atoms with Crippen molar-refractivity contribution in [1.82, 2.24) is 9.97 Å². The zero-order valence-electron chi connectivity index (χ0n) is 27.2. The standard InChI is InChI=1S/C48H30N2/c1-2-16-34(17-3-1)48-49-46-37-22-9-6-15-33(37)27-28-44(46)47(50-48)43-30-29-42(39-24-11-19-32-14-5-8-21-36(32)39)45-40(25-12-26-41(43)45)38-23-10-18-31-13-4-7-20-35(31)38/h1-30H. The molecule has 10 aromatic rings. The molecule has 0 fully saturated rings. The Morgan fingerprint density at radius 1 is 0.280 bits per heavy atom. The van der Waals surface area contributed by atoms with E-state index in [4.69, 9.17) is 9.97 Å². The van der Waals surface area contributed by atoms with Gasteiger partial charge in [-0.05, 0) is 66.0 Å². The van der Waals surface area contributed by atoms with Crippen LogP contribution < -0.4 is 0 Å². The lowest BCUT2D eigenvalue weighted by Gasteiger charge is -2.19. The second-order valence-electron chi connectivity index (χ2n) is 12.9. The number of fused-ring (bicyclic) bond motifs is 6. The summed E-state index contributed by atoms with van der Waals surface area (Å²) in [6.45, 7) is 0. The predicted molar refractivity (Wildman–Crippen MR) is 211 cm³/mol. The van der Waals surface area contributed by atoms with Gasteiger partial charge < -0.3 is 0 Å². The van der Waals surface area contributed by atoms with Crippen molar-refractivity contribution >= 4 is 54.0 Å². The smallest absolute Gasteiger partial charge is 0.160 e. The van der Waals surface area contributed by atoms with Crippen molar-refractivity contribution in [3.63, 3.8) is 0 Å². The molecule has 0 aliphatic carbocycles. The van der Waals surface area contributed by atoms with Gasteiger partial charge in [-0.1, -0.05) is 176 Å². The largest absolute Gasteiger partial charge is 0.227 e. The minimum Gasteiger partial charge on any atom is -0.227 e. The Hall–Kier alpha value is -6.64. The summed E-state index contributed by atoms with van der Waals surface area (Å²) in [6, 6.07) is 65.2. The van der Waals surface area contributed by atoms with Gasteiger partial charge in [0.15, 0.2) is 5.82 Å². The monoisotopic (exact) mass is 634 g/mol. The quantitative estimate of drug-likeness (QED) is 0.180. The number of hydrogen-bond donors (Lipinski definition) is 0. The molecule has 1 heterocycles. The Labute approximate surface area is 290 Å². The highest BCUT2D eigenvalue weighted by Crippen LogP contribution is 2.45. The third kappa shape index (κ3) is 4.50. The molecule has 0 aliphatic heterocycles. The topological polar surface area (TPSA) is 25.8 Å². The van der Waals surface area contributed by atoms with E-state index in [1.165, 1.54) is 49.2 Å². The number of rotatable bonds is 4. The number of hydrogen-bond acceptors (Lipinski definition) is 2. The van der Waals surface area contributed by atoms with E-state index < -0.39 is 0 Å². The molecule has 2 heteroatoms. The lowest BCUT2D eigenvalue weighted by atomic mass is 9.85. The molecule has 0 aliphatic rings. The fourth-order valence-corrected chi connectivity index (χ4v) is 7.77. The van der Waals surface area contributed by atoms with Gasteiger partial charge >= 0.3 is 0 Å². The molecule has 0 N–H and O–H groups in total. The van der Waals surface area contributed by atoms with E-state index in [0.717, 1.165) is 49.7 Å². The average molecular weight is 635 g/mol. The van der Waals surface area contributed by atoms with Crippen molar-refractivity contribution in [2.45, 2.75) is 0 Å². The molecule has 50 heavy (non-hydrogen) atoms. The first-order chi connectivity index (χ1) is 24.8. The minimum atomic E-state index is 0.723. The van der Waals surface area contributed by atoms with Crippen LogP contribution in [0.25, 0.3) is 98.9 Å². The van der Waals surface area contributed by atoms with Crippen LogP contribution in [0.2, 0.25) is 0 Å². The van der Waals surface area contributed by atoms with Gasteiger partial charge in [-0.25, -0.2) is 9.97 Å². The van der Waals surface area contributed by atoms with E-state index in [2.05, 4.69) is 176 Å².